The van der Waals surface area contributed by atoms with Crippen LogP contribution in [0.15, 0.2) is 0 Å². The summed E-state index contributed by atoms with van der Waals surface area (Å²) in [6, 6.07) is 0. The molecule has 0 nitrogen and oxygen atoms in total. The van der Waals surface area contributed by atoms with Crippen molar-refractivity contribution in [2.45, 2.75) is 152 Å². The van der Waals surface area contributed by atoms with Gasteiger partial charge in [0.15, 0.2) is 0 Å². The second kappa shape index (κ2) is 10.0. The van der Waals surface area contributed by atoms with Crippen LogP contribution in [0.5, 0.6) is 0 Å². The first-order valence-electron chi connectivity index (χ1n) is 18.9. The van der Waals surface area contributed by atoms with Crippen LogP contribution in [0.1, 0.15) is 152 Å². The molecule has 0 aliphatic heterocycles. The molecule has 40 heavy (non-hydrogen) atoms. The van der Waals surface area contributed by atoms with Crippen LogP contribution in [0.3, 0.4) is 0 Å². The fraction of sp³-hybridized carbons (Fsp3) is 1.00. The molecule has 7 fully saturated rings. The number of hydrogen-bond acceptors (Lipinski definition) is 0. The second-order valence-corrected chi connectivity index (χ2v) is 20.1. The van der Waals surface area contributed by atoms with E-state index in [1.165, 1.54) is 6.42 Å². The van der Waals surface area contributed by atoms with Gasteiger partial charge in [-0.3, -0.25) is 0 Å². The number of hydrogen-bond donors (Lipinski definition) is 0. The van der Waals surface area contributed by atoms with E-state index >= 15 is 0 Å². The van der Waals surface area contributed by atoms with Crippen molar-refractivity contribution in [3.8, 4) is 0 Å². The Balaban J connectivity index is 1.25. The zero-order valence-electron chi connectivity index (χ0n) is 28.2. The summed E-state index contributed by atoms with van der Waals surface area (Å²) < 4.78 is 0. The Labute approximate surface area is 250 Å². The van der Waals surface area contributed by atoms with Gasteiger partial charge in [0.1, 0.15) is 0 Å². The maximum Gasteiger partial charge on any atom is -0.0230 e. The van der Waals surface area contributed by atoms with E-state index in [0.717, 1.165) is 82.9 Å². The molecule has 0 aromatic rings. The van der Waals surface area contributed by atoms with Gasteiger partial charge in [0.2, 0.25) is 0 Å². The molecule has 1 spiro atoms. The summed E-state index contributed by atoms with van der Waals surface area (Å²) in [5, 5.41) is 0. The van der Waals surface area contributed by atoms with Gasteiger partial charge >= 0.3 is 0 Å². The van der Waals surface area contributed by atoms with E-state index < -0.39 is 0 Å². The summed E-state index contributed by atoms with van der Waals surface area (Å²) in [4.78, 5) is 0. The van der Waals surface area contributed by atoms with Crippen molar-refractivity contribution >= 4 is 0 Å². The highest BCUT2D eigenvalue weighted by Gasteiger charge is 2.68. The molecule has 228 valence electrons. The van der Waals surface area contributed by atoms with Gasteiger partial charge in [0, 0.05) is 0 Å². The highest BCUT2D eigenvalue weighted by atomic mass is 14.7. The summed E-state index contributed by atoms with van der Waals surface area (Å²) in [5.74, 6) is 14.7. The molecule has 0 radical (unpaired) electrons. The van der Waals surface area contributed by atoms with Crippen LogP contribution < -0.4 is 0 Å². The van der Waals surface area contributed by atoms with Crippen LogP contribution in [0.2, 0.25) is 0 Å². The minimum Gasteiger partial charge on any atom is -0.0625 e. The SMILES string of the molecule is CC(C)C1CCC2C3C4CC5CC6CCCCC6CC5C4CCC3C3(CC(C(C)(C)C)CC(C(C)(C)C)C3)C2C1. The maximum absolute atomic E-state index is 2.61. The van der Waals surface area contributed by atoms with Crippen LogP contribution in [-0.2, 0) is 0 Å². The van der Waals surface area contributed by atoms with Gasteiger partial charge in [-0.25, -0.2) is 0 Å². The molecule has 0 aromatic carbocycles. The zero-order valence-corrected chi connectivity index (χ0v) is 28.2. The maximum atomic E-state index is 2.61. The Bertz CT molecular complexity index is 889. The molecule has 0 N–H and O–H groups in total. The summed E-state index contributed by atoms with van der Waals surface area (Å²) in [6.07, 6.45) is 23.9. The van der Waals surface area contributed by atoms with Crippen molar-refractivity contribution < 1.29 is 0 Å². The third-order valence-electron chi connectivity index (χ3n) is 16.4. The van der Waals surface area contributed by atoms with Crippen LogP contribution in [0, 0.1) is 99.1 Å². The minimum absolute atomic E-state index is 0.451. The van der Waals surface area contributed by atoms with Gasteiger partial charge in [-0.15, -0.1) is 0 Å². The average molecular weight is 549 g/mol. The Kier molecular flexibility index (Phi) is 7.20. The van der Waals surface area contributed by atoms with Gasteiger partial charge in [0.05, 0.1) is 0 Å². The predicted molar refractivity (Wildman–Crippen MR) is 171 cm³/mol. The lowest BCUT2D eigenvalue weighted by Crippen LogP contribution is -2.49. The van der Waals surface area contributed by atoms with Crippen LogP contribution in [-0.4, -0.2) is 0 Å². The first-order valence-corrected chi connectivity index (χ1v) is 18.9. The Hall–Kier alpha value is 0. The standard InChI is InChI=1S/C40H68/c1-24(2)25-13-14-32-36(20-25)40(22-29(38(3,4)5)21-30(23-40)39(6,7)8)35-16-15-31-33-18-27-12-10-9-11-26(27)17-28(33)19-34(31)37(32)35/h24-37H,9-23H2,1-8H3. The first-order chi connectivity index (χ1) is 18.9. The van der Waals surface area contributed by atoms with Crippen LogP contribution in [0.4, 0.5) is 0 Å². The van der Waals surface area contributed by atoms with Crippen molar-refractivity contribution in [3.05, 3.63) is 0 Å². The molecule has 0 bridgehead atoms. The number of fused-ring (bicyclic) bond motifs is 10. The van der Waals surface area contributed by atoms with Crippen LogP contribution >= 0.6 is 0 Å². The van der Waals surface area contributed by atoms with Crippen molar-refractivity contribution in [2.24, 2.45) is 99.1 Å². The smallest absolute Gasteiger partial charge is 0.0230 e. The molecule has 7 rings (SSSR count). The molecule has 7 aliphatic rings. The van der Waals surface area contributed by atoms with Crippen molar-refractivity contribution in [3.63, 3.8) is 0 Å². The molecule has 0 amide bonds. The predicted octanol–water partition coefficient (Wildman–Crippen LogP) is 11.7. The molecule has 0 aromatic heterocycles. The fourth-order valence-corrected chi connectivity index (χ4v) is 14.3. The summed E-state index contributed by atoms with van der Waals surface area (Å²) in [5.41, 5.74) is 1.56. The topological polar surface area (TPSA) is 0 Å². The molecule has 7 aliphatic carbocycles. The molecular formula is C40H68. The molecule has 0 heteroatoms. The summed E-state index contributed by atoms with van der Waals surface area (Å²) >= 11 is 0. The quantitative estimate of drug-likeness (QED) is 0.306. The van der Waals surface area contributed by atoms with Gasteiger partial charge in [-0.1, -0.05) is 81.1 Å². The van der Waals surface area contributed by atoms with E-state index in [0.29, 0.717) is 16.2 Å². The van der Waals surface area contributed by atoms with Crippen molar-refractivity contribution in [1.29, 1.82) is 0 Å². The minimum atomic E-state index is 0.451. The van der Waals surface area contributed by atoms with Crippen molar-refractivity contribution in [1.82, 2.24) is 0 Å². The average Bonchev–Trinajstić information content (AvgIpc) is 3.38. The molecule has 0 saturated heterocycles. The van der Waals surface area contributed by atoms with Gasteiger partial charge in [-0.05, 0) is 170 Å². The second-order valence-electron chi connectivity index (χ2n) is 20.1. The number of rotatable bonds is 1. The molecule has 13 atom stereocenters. The largest absolute Gasteiger partial charge is 0.0625 e. The van der Waals surface area contributed by atoms with Crippen molar-refractivity contribution in [2.75, 3.05) is 0 Å². The Morgan fingerprint density at radius 1 is 0.525 bits per heavy atom. The van der Waals surface area contributed by atoms with E-state index in [4.69, 9.17) is 0 Å². The van der Waals surface area contributed by atoms with E-state index in [1.807, 2.05) is 0 Å². The fourth-order valence-electron chi connectivity index (χ4n) is 14.3. The van der Waals surface area contributed by atoms with E-state index in [2.05, 4.69) is 55.4 Å². The normalized spacial score (nSPS) is 52.6. The zero-order chi connectivity index (χ0) is 28.2. The summed E-state index contributed by atoms with van der Waals surface area (Å²) in [7, 11) is 0. The van der Waals surface area contributed by atoms with Gasteiger partial charge < -0.3 is 0 Å². The molecule has 13 unspecified atom stereocenters. The third kappa shape index (κ3) is 4.54. The molecular weight excluding hydrogens is 480 g/mol. The Morgan fingerprint density at radius 2 is 1.12 bits per heavy atom. The van der Waals surface area contributed by atoms with Crippen LogP contribution in [0.25, 0.3) is 0 Å². The van der Waals surface area contributed by atoms with E-state index in [1.54, 1.807) is 89.9 Å². The highest BCUT2D eigenvalue weighted by Crippen LogP contribution is 2.75. The lowest BCUT2D eigenvalue weighted by atomic mass is 9.48. The van der Waals surface area contributed by atoms with Gasteiger partial charge in [0.25, 0.3) is 0 Å². The molecule has 7 saturated carbocycles. The van der Waals surface area contributed by atoms with E-state index in [9.17, 15) is 0 Å². The van der Waals surface area contributed by atoms with Gasteiger partial charge in [-0.2, -0.15) is 0 Å². The highest BCUT2D eigenvalue weighted by molar-refractivity contribution is 5.16. The molecule has 0 heterocycles. The Morgan fingerprint density at radius 3 is 1.75 bits per heavy atom. The third-order valence-corrected chi connectivity index (χ3v) is 16.4. The summed E-state index contributed by atoms with van der Waals surface area (Å²) in [6.45, 7) is 20.8. The first kappa shape index (κ1) is 28.8. The lowest BCUT2D eigenvalue weighted by molar-refractivity contribution is -0.0765. The monoisotopic (exact) mass is 549 g/mol. The lowest BCUT2D eigenvalue weighted by Gasteiger charge is -2.57. The van der Waals surface area contributed by atoms with E-state index in [-0.39, 0.29) is 0 Å².